The Bertz CT molecular complexity index is 1220. The highest BCUT2D eigenvalue weighted by Gasteiger charge is 2.28. The summed E-state index contributed by atoms with van der Waals surface area (Å²) in [7, 11) is -2.88. The Kier molecular flexibility index (Phi) is 8.18. The number of amides is 1. The van der Waals surface area contributed by atoms with Crippen molar-refractivity contribution in [2.45, 2.75) is 22.6 Å². The van der Waals surface area contributed by atoms with Gasteiger partial charge in [-0.05, 0) is 55.3 Å². The summed E-state index contributed by atoms with van der Waals surface area (Å²) in [6.07, 6.45) is 1.63. The molecule has 2 aromatic carbocycles. The molecule has 1 heterocycles. The number of methoxy groups -OCH3 is 1. The number of benzene rings is 2. The first-order valence-corrected chi connectivity index (χ1v) is 13.6. The van der Waals surface area contributed by atoms with Crippen molar-refractivity contribution in [2.75, 3.05) is 47.4 Å². The lowest BCUT2D eigenvalue weighted by atomic mass is 10.2. The molecule has 1 N–H and O–H groups in total. The van der Waals surface area contributed by atoms with Gasteiger partial charge in [0.2, 0.25) is 20.0 Å². The molecule has 12 heteroatoms. The van der Waals surface area contributed by atoms with Crippen molar-refractivity contribution in [3.8, 4) is 11.5 Å². The van der Waals surface area contributed by atoms with E-state index in [-0.39, 0.29) is 34.3 Å². The van der Waals surface area contributed by atoms with Crippen LogP contribution in [0.4, 0.5) is 0 Å². The van der Waals surface area contributed by atoms with E-state index in [0.29, 0.717) is 18.8 Å². The van der Waals surface area contributed by atoms with E-state index < -0.39 is 26.0 Å². The predicted molar refractivity (Wildman–Crippen MR) is 126 cm³/mol. The third-order valence-corrected chi connectivity index (χ3v) is 9.10. The molecule has 3 rings (SSSR count). The van der Waals surface area contributed by atoms with Gasteiger partial charge in [-0.3, -0.25) is 4.79 Å². The molecule has 34 heavy (non-hydrogen) atoms. The molecule has 1 saturated heterocycles. The molecule has 1 fully saturated rings. The molecule has 0 aliphatic carbocycles. The fourth-order valence-corrected chi connectivity index (χ4v) is 5.90. The number of sulfonamides is 2. The molecule has 186 valence electrons. The molecule has 0 radical (unpaired) electrons. The highest BCUT2D eigenvalue weighted by atomic mass is 32.2. The summed E-state index contributed by atoms with van der Waals surface area (Å²) in [6, 6.07) is 10.2. The van der Waals surface area contributed by atoms with Gasteiger partial charge in [-0.2, -0.15) is 4.31 Å². The zero-order chi connectivity index (χ0) is 24.9. The Balaban J connectivity index is 1.61. The molecule has 0 unspecified atom stereocenters. The van der Waals surface area contributed by atoms with Crippen molar-refractivity contribution in [2.24, 2.45) is 0 Å². The summed E-state index contributed by atoms with van der Waals surface area (Å²) in [4.78, 5) is 12.9. The van der Waals surface area contributed by atoms with Gasteiger partial charge in [0.1, 0.15) is 18.1 Å². The van der Waals surface area contributed by atoms with Crippen LogP contribution in [0, 0.1) is 0 Å². The van der Waals surface area contributed by atoms with Gasteiger partial charge in [-0.15, -0.1) is 0 Å². The van der Waals surface area contributed by atoms with Crippen LogP contribution < -0.4 is 14.8 Å². The maximum absolute atomic E-state index is 12.8. The van der Waals surface area contributed by atoms with E-state index in [9.17, 15) is 21.6 Å². The SMILES string of the molecule is COc1ccc(S(=O)(=O)N2CCCC2)cc1C(=O)NCCOc1ccc(S(=O)(=O)N(C)C)cc1. The number of hydrogen-bond acceptors (Lipinski definition) is 7. The minimum atomic E-state index is -3.67. The van der Waals surface area contributed by atoms with Crippen molar-refractivity contribution in [1.82, 2.24) is 13.9 Å². The zero-order valence-electron chi connectivity index (χ0n) is 19.4. The zero-order valence-corrected chi connectivity index (χ0v) is 21.0. The van der Waals surface area contributed by atoms with Crippen LogP contribution in [0.5, 0.6) is 11.5 Å². The summed E-state index contributed by atoms with van der Waals surface area (Å²) in [5.74, 6) is 0.214. The monoisotopic (exact) mass is 511 g/mol. The van der Waals surface area contributed by atoms with Gasteiger partial charge in [0.15, 0.2) is 0 Å². The Labute approximate surface area is 200 Å². The molecular formula is C22H29N3O7S2. The van der Waals surface area contributed by atoms with Gasteiger partial charge in [0.05, 0.1) is 29.0 Å². The van der Waals surface area contributed by atoms with Crippen molar-refractivity contribution in [1.29, 1.82) is 0 Å². The van der Waals surface area contributed by atoms with Gasteiger partial charge >= 0.3 is 0 Å². The van der Waals surface area contributed by atoms with Crippen LogP contribution in [0.2, 0.25) is 0 Å². The second-order valence-corrected chi connectivity index (χ2v) is 11.9. The molecule has 10 nitrogen and oxygen atoms in total. The Morgan fingerprint density at radius 3 is 2.21 bits per heavy atom. The summed E-state index contributed by atoms with van der Waals surface area (Å²) in [5, 5.41) is 2.69. The second-order valence-electron chi connectivity index (χ2n) is 7.84. The fourth-order valence-electron chi connectivity index (χ4n) is 3.45. The van der Waals surface area contributed by atoms with Crippen LogP contribution in [-0.2, 0) is 20.0 Å². The lowest BCUT2D eigenvalue weighted by Gasteiger charge is -2.17. The molecule has 1 aliphatic heterocycles. The topological polar surface area (TPSA) is 122 Å². The Morgan fingerprint density at radius 2 is 1.62 bits per heavy atom. The average Bonchev–Trinajstić information content (AvgIpc) is 3.37. The van der Waals surface area contributed by atoms with Crippen LogP contribution in [0.1, 0.15) is 23.2 Å². The van der Waals surface area contributed by atoms with Crippen LogP contribution >= 0.6 is 0 Å². The summed E-state index contributed by atoms with van der Waals surface area (Å²) < 4.78 is 63.3. The standard InChI is InChI=1S/C22H29N3O7S2/c1-24(2)33(27,28)18-8-6-17(7-9-18)32-15-12-23-22(26)20-16-19(10-11-21(20)31-3)34(29,30)25-13-4-5-14-25/h6-11,16H,4-5,12-15H2,1-3H3,(H,23,26). The molecule has 0 spiro atoms. The minimum absolute atomic E-state index is 0.0457. The van der Waals surface area contributed by atoms with E-state index in [4.69, 9.17) is 9.47 Å². The first-order valence-electron chi connectivity index (χ1n) is 10.7. The van der Waals surface area contributed by atoms with E-state index in [2.05, 4.69) is 5.32 Å². The van der Waals surface area contributed by atoms with Crippen molar-refractivity contribution < 1.29 is 31.1 Å². The molecular weight excluding hydrogens is 482 g/mol. The molecule has 2 aromatic rings. The minimum Gasteiger partial charge on any atom is -0.496 e. The Hall–Kier alpha value is -2.67. The quantitative estimate of drug-likeness (QED) is 0.480. The molecule has 0 saturated carbocycles. The second kappa shape index (κ2) is 10.7. The third kappa shape index (κ3) is 5.69. The molecule has 1 amide bonds. The smallest absolute Gasteiger partial charge is 0.255 e. The van der Waals surface area contributed by atoms with Crippen molar-refractivity contribution in [3.63, 3.8) is 0 Å². The largest absolute Gasteiger partial charge is 0.496 e. The number of rotatable bonds is 10. The maximum Gasteiger partial charge on any atom is 0.255 e. The number of hydrogen-bond donors (Lipinski definition) is 1. The molecule has 0 atom stereocenters. The predicted octanol–water partition coefficient (Wildman–Crippen LogP) is 1.54. The summed E-state index contributed by atoms with van der Waals surface area (Å²) in [5.41, 5.74) is 0.112. The first kappa shape index (κ1) is 25.9. The van der Waals surface area contributed by atoms with Gasteiger partial charge in [-0.25, -0.2) is 21.1 Å². The van der Waals surface area contributed by atoms with Gasteiger partial charge < -0.3 is 14.8 Å². The van der Waals surface area contributed by atoms with E-state index in [0.717, 1.165) is 17.1 Å². The normalized spacial score (nSPS) is 14.8. The highest BCUT2D eigenvalue weighted by molar-refractivity contribution is 7.89. The summed E-state index contributed by atoms with van der Waals surface area (Å²) >= 11 is 0. The van der Waals surface area contributed by atoms with E-state index >= 15 is 0 Å². The Morgan fingerprint density at radius 1 is 1.00 bits per heavy atom. The van der Waals surface area contributed by atoms with Gasteiger partial charge in [-0.1, -0.05) is 0 Å². The van der Waals surface area contributed by atoms with Gasteiger partial charge in [0.25, 0.3) is 5.91 Å². The van der Waals surface area contributed by atoms with Crippen LogP contribution in [0.25, 0.3) is 0 Å². The highest BCUT2D eigenvalue weighted by Crippen LogP contribution is 2.26. The summed E-state index contributed by atoms with van der Waals surface area (Å²) in [6.45, 7) is 1.20. The van der Waals surface area contributed by atoms with Crippen molar-refractivity contribution in [3.05, 3.63) is 48.0 Å². The van der Waals surface area contributed by atoms with Crippen LogP contribution in [0.15, 0.2) is 52.3 Å². The molecule has 0 bridgehead atoms. The molecule has 0 aromatic heterocycles. The number of carbonyl (C=O) groups excluding carboxylic acids is 1. The fraction of sp³-hybridized carbons (Fsp3) is 0.409. The van der Waals surface area contributed by atoms with E-state index in [1.54, 1.807) is 0 Å². The number of carbonyl (C=O) groups is 1. The number of nitrogens with zero attached hydrogens (tertiary/aromatic N) is 2. The van der Waals surface area contributed by atoms with E-state index in [1.165, 1.54) is 68.0 Å². The van der Waals surface area contributed by atoms with Crippen LogP contribution in [0.3, 0.4) is 0 Å². The van der Waals surface area contributed by atoms with Gasteiger partial charge in [0, 0.05) is 27.2 Å². The lowest BCUT2D eigenvalue weighted by Crippen LogP contribution is -2.30. The lowest BCUT2D eigenvalue weighted by molar-refractivity contribution is 0.0943. The average molecular weight is 512 g/mol. The maximum atomic E-state index is 12.8. The third-order valence-electron chi connectivity index (χ3n) is 5.38. The van der Waals surface area contributed by atoms with Crippen LogP contribution in [-0.4, -0.2) is 78.8 Å². The molecule has 1 aliphatic rings. The number of ether oxygens (including phenoxy) is 2. The van der Waals surface area contributed by atoms with Crippen molar-refractivity contribution >= 4 is 26.0 Å². The number of nitrogens with one attached hydrogen (secondary N) is 1. The van der Waals surface area contributed by atoms with E-state index in [1.807, 2.05) is 0 Å². The first-order chi connectivity index (χ1) is 16.1.